The Morgan fingerprint density at radius 2 is 2.25 bits per heavy atom. The van der Waals surface area contributed by atoms with E-state index in [2.05, 4.69) is 0 Å². The van der Waals surface area contributed by atoms with Gasteiger partial charge in [-0.1, -0.05) is 6.92 Å². The summed E-state index contributed by atoms with van der Waals surface area (Å²) < 4.78 is 0. The highest BCUT2D eigenvalue weighted by molar-refractivity contribution is 5.79. The molecule has 4 nitrogen and oxygen atoms in total. The van der Waals surface area contributed by atoms with Crippen LogP contribution in [0.5, 0.6) is 0 Å². The second-order valence-electron chi connectivity index (χ2n) is 3.56. The predicted molar refractivity (Wildman–Crippen MR) is 45.5 cm³/mol. The number of carbonyl (C=O) groups excluding carboxylic acids is 1. The van der Waals surface area contributed by atoms with Crippen LogP contribution >= 0.6 is 0 Å². The molecular formula is C8H16N2O2. The van der Waals surface area contributed by atoms with Crippen molar-refractivity contribution in [1.29, 1.82) is 0 Å². The van der Waals surface area contributed by atoms with E-state index >= 15 is 0 Å². The van der Waals surface area contributed by atoms with Crippen molar-refractivity contribution < 1.29 is 9.90 Å². The summed E-state index contributed by atoms with van der Waals surface area (Å²) in [5.41, 5.74) is 4.53. The fraction of sp³-hybridized carbons (Fsp3) is 0.875. The molecule has 1 atom stereocenters. The number of rotatable bonds is 3. The number of carbonyl (C=O) groups is 1. The van der Waals surface area contributed by atoms with Crippen molar-refractivity contribution in [3.63, 3.8) is 0 Å². The van der Waals surface area contributed by atoms with Crippen molar-refractivity contribution in [2.75, 3.05) is 13.1 Å². The van der Waals surface area contributed by atoms with Crippen LogP contribution in [0.2, 0.25) is 0 Å². The number of likely N-dealkylation sites (tertiary alicyclic amines) is 1. The van der Waals surface area contributed by atoms with Crippen LogP contribution in [0.4, 0.5) is 0 Å². The first-order chi connectivity index (χ1) is 5.48. The number of β-amino-alcohol motifs (C(OH)–C–C–N with tert-alkyl or cyclic N) is 1. The maximum absolute atomic E-state index is 10.7. The summed E-state index contributed by atoms with van der Waals surface area (Å²) in [6, 6.07) is -0.253. The van der Waals surface area contributed by atoms with Crippen LogP contribution in [-0.2, 0) is 4.79 Å². The summed E-state index contributed by atoms with van der Waals surface area (Å²) in [7, 11) is 0. The van der Waals surface area contributed by atoms with E-state index in [0.717, 1.165) is 6.42 Å². The minimum atomic E-state index is -0.580. The van der Waals surface area contributed by atoms with Crippen molar-refractivity contribution in [2.45, 2.75) is 31.9 Å². The Morgan fingerprint density at radius 3 is 2.58 bits per heavy atom. The van der Waals surface area contributed by atoms with Gasteiger partial charge >= 0.3 is 0 Å². The first-order valence-corrected chi connectivity index (χ1v) is 4.24. The van der Waals surface area contributed by atoms with E-state index < -0.39 is 5.60 Å². The van der Waals surface area contributed by atoms with E-state index in [1.165, 1.54) is 0 Å². The van der Waals surface area contributed by atoms with Gasteiger partial charge in [-0.3, -0.25) is 9.69 Å². The molecule has 0 saturated carbocycles. The summed E-state index contributed by atoms with van der Waals surface area (Å²) >= 11 is 0. The van der Waals surface area contributed by atoms with Crippen LogP contribution in [0.25, 0.3) is 0 Å². The molecule has 0 aromatic rings. The molecule has 0 bridgehead atoms. The lowest BCUT2D eigenvalue weighted by Crippen LogP contribution is -2.65. The number of hydrogen-bond donors (Lipinski definition) is 2. The topological polar surface area (TPSA) is 66.6 Å². The molecule has 1 rings (SSSR count). The summed E-state index contributed by atoms with van der Waals surface area (Å²) in [5.74, 6) is -0.326. The number of nitrogens with zero attached hydrogens (tertiary/aromatic N) is 1. The molecule has 0 aromatic carbocycles. The quantitative estimate of drug-likeness (QED) is 0.592. The molecule has 0 radical (unpaired) electrons. The van der Waals surface area contributed by atoms with E-state index in [1.807, 2.05) is 11.8 Å². The first-order valence-electron chi connectivity index (χ1n) is 4.24. The summed E-state index contributed by atoms with van der Waals surface area (Å²) in [5, 5.41) is 9.63. The smallest absolute Gasteiger partial charge is 0.234 e. The van der Waals surface area contributed by atoms with Crippen molar-refractivity contribution in [3.8, 4) is 0 Å². The zero-order valence-corrected chi connectivity index (χ0v) is 7.58. The first kappa shape index (κ1) is 9.48. The van der Waals surface area contributed by atoms with Crippen LogP contribution in [0.15, 0.2) is 0 Å². The molecule has 70 valence electrons. The molecule has 1 heterocycles. The Morgan fingerprint density at radius 1 is 1.75 bits per heavy atom. The second-order valence-corrected chi connectivity index (χ2v) is 3.56. The Balaban J connectivity index is 2.39. The van der Waals surface area contributed by atoms with Crippen LogP contribution in [-0.4, -0.2) is 40.6 Å². The molecule has 1 amide bonds. The largest absolute Gasteiger partial charge is 0.387 e. The fourth-order valence-electron chi connectivity index (χ4n) is 1.39. The zero-order valence-electron chi connectivity index (χ0n) is 7.58. The molecule has 1 unspecified atom stereocenters. The van der Waals surface area contributed by atoms with E-state index in [1.54, 1.807) is 6.92 Å². The normalized spacial score (nSPS) is 24.6. The SMILES string of the molecule is CCC1(O)CN(C(C)C(N)=O)C1. The number of aliphatic hydroxyl groups is 1. The van der Waals surface area contributed by atoms with E-state index in [-0.39, 0.29) is 11.9 Å². The molecule has 0 spiro atoms. The molecule has 1 aliphatic rings. The van der Waals surface area contributed by atoms with Gasteiger partial charge in [0.05, 0.1) is 11.6 Å². The fourth-order valence-corrected chi connectivity index (χ4v) is 1.39. The standard InChI is InChI=1S/C8H16N2O2/c1-3-8(12)4-10(5-8)6(2)7(9)11/h6,12H,3-5H2,1-2H3,(H2,9,11). The molecule has 0 aromatic heterocycles. The molecule has 12 heavy (non-hydrogen) atoms. The Hall–Kier alpha value is -0.610. The predicted octanol–water partition coefficient (Wildman–Crippen LogP) is -0.683. The third-order valence-corrected chi connectivity index (χ3v) is 2.61. The van der Waals surface area contributed by atoms with Gasteiger partial charge in [-0.25, -0.2) is 0 Å². The van der Waals surface area contributed by atoms with Gasteiger partial charge < -0.3 is 10.8 Å². The van der Waals surface area contributed by atoms with Crippen molar-refractivity contribution in [2.24, 2.45) is 5.73 Å². The average Bonchev–Trinajstić information content (AvgIpc) is 1.97. The van der Waals surface area contributed by atoms with Crippen molar-refractivity contribution >= 4 is 5.91 Å². The molecule has 1 fully saturated rings. The lowest BCUT2D eigenvalue weighted by molar-refractivity contribution is -0.140. The highest BCUT2D eigenvalue weighted by atomic mass is 16.3. The van der Waals surface area contributed by atoms with Crippen LogP contribution in [0.1, 0.15) is 20.3 Å². The lowest BCUT2D eigenvalue weighted by Gasteiger charge is -2.48. The molecule has 1 saturated heterocycles. The van der Waals surface area contributed by atoms with Gasteiger partial charge in [0.25, 0.3) is 0 Å². The van der Waals surface area contributed by atoms with Gasteiger partial charge in [-0.15, -0.1) is 0 Å². The maximum atomic E-state index is 10.7. The van der Waals surface area contributed by atoms with Crippen LogP contribution in [0, 0.1) is 0 Å². The van der Waals surface area contributed by atoms with E-state index in [4.69, 9.17) is 5.73 Å². The van der Waals surface area contributed by atoms with Crippen molar-refractivity contribution in [3.05, 3.63) is 0 Å². The minimum absolute atomic E-state index is 0.253. The second kappa shape index (κ2) is 3.03. The monoisotopic (exact) mass is 172 g/mol. The zero-order chi connectivity index (χ0) is 9.35. The average molecular weight is 172 g/mol. The third-order valence-electron chi connectivity index (χ3n) is 2.61. The van der Waals surface area contributed by atoms with Gasteiger partial charge in [0.15, 0.2) is 0 Å². The van der Waals surface area contributed by atoms with E-state index in [9.17, 15) is 9.90 Å². The van der Waals surface area contributed by atoms with Gasteiger partial charge in [0.2, 0.25) is 5.91 Å². The highest BCUT2D eigenvalue weighted by Crippen LogP contribution is 2.25. The number of hydrogen-bond acceptors (Lipinski definition) is 3. The molecule has 3 N–H and O–H groups in total. The van der Waals surface area contributed by atoms with Crippen LogP contribution in [0.3, 0.4) is 0 Å². The summed E-state index contributed by atoms with van der Waals surface area (Å²) in [6.07, 6.45) is 0.731. The van der Waals surface area contributed by atoms with Gasteiger partial charge in [0, 0.05) is 13.1 Å². The van der Waals surface area contributed by atoms with Gasteiger partial charge in [-0.05, 0) is 13.3 Å². The number of nitrogens with two attached hydrogens (primary N) is 1. The Kier molecular flexibility index (Phi) is 2.39. The lowest BCUT2D eigenvalue weighted by atomic mass is 9.90. The number of primary amides is 1. The molecule has 1 aliphatic heterocycles. The molecular weight excluding hydrogens is 156 g/mol. The van der Waals surface area contributed by atoms with Crippen molar-refractivity contribution in [1.82, 2.24) is 4.90 Å². The Bertz CT molecular complexity index is 187. The minimum Gasteiger partial charge on any atom is -0.387 e. The number of amides is 1. The van der Waals surface area contributed by atoms with Crippen LogP contribution < -0.4 is 5.73 Å². The maximum Gasteiger partial charge on any atom is 0.234 e. The third kappa shape index (κ3) is 1.59. The van der Waals surface area contributed by atoms with Gasteiger partial charge in [0.1, 0.15) is 0 Å². The molecule has 4 heteroatoms. The Labute approximate surface area is 72.3 Å². The summed E-state index contributed by atoms with van der Waals surface area (Å²) in [6.45, 7) is 4.82. The van der Waals surface area contributed by atoms with E-state index in [0.29, 0.717) is 13.1 Å². The van der Waals surface area contributed by atoms with Gasteiger partial charge in [-0.2, -0.15) is 0 Å². The molecule has 0 aliphatic carbocycles. The summed E-state index contributed by atoms with van der Waals surface area (Å²) in [4.78, 5) is 12.6. The highest BCUT2D eigenvalue weighted by Gasteiger charge is 2.42.